The Bertz CT molecular complexity index is 595. The first-order valence-corrected chi connectivity index (χ1v) is 5.50. The molecule has 0 aliphatic carbocycles. The molecule has 0 atom stereocenters. The van der Waals surface area contributed by atoms with E-state index < -0.39 is 0 Å². The van der Waals surface area contributed by atoms with E-state index in [1.54, 1.807) is 6.20 Å². The molecule has 0 fully saturated rings. The van der Waals surface area contributed by atoms with E-state index in [9.17, 15) is 0 Å². The lowest BCUT2D eigenvalue weighted by Gasteiger charge is -2.15. The van der Waals surface area contributed by atoms with Crippen LogP contribution < -0.4 is 10.2 Å². The van der Waals surface area contributed by atoms with Crippen molar-refractivity contribution in [1.29, 1.82) is 0 Å². The van der Waals surface area contributed by atoms with Crippen LogP contribution in [-0.4, -0.2) is 20.8 Å². The van der Waals surface area contributed by atoms with Crippen LogP contribution in [0.3, 0.4) is 0 Å². The topological polar surface area (TPSA) is 72.3 Å². The fourth-order valence-electron chi connectivity index (χ4n) is 1.59. The Morgan fingerprint density at radius 1 is 1.35 bits per heavy atom. The molecule has 0 saturated heterocycles. The van der Waals surface area contributed by atoms with E-state index >= 15 is 0 Å². The minimum Gasteiger partial charge on any atom is -0.419 e. The summed E-state index contributed by atoms with van der Waals surface area (Å²) < 4.78 is 5.57. The van der Waals surface area contributed by atoms with Gasteiger partial charge in [-0.1, -0.05) is 6.92 Å². The zero-order valence-electron chi connectivity index (χ0n) is 9.34. The van der Waals surface area contributed by atoms with E-state index in [4.69, 9.17) is 4.74 Å². The van der Waals surface area contributed by atoms with Crippen molar-refractivity contribution in [3.05, 3.63) is 18.3 Å². The average Bonchev–Trinajstić information content (AvgIpc) is 2.36. The van der Waals surface area contributed by atoms with Gasteiger partial charge in [-0.25, -0.2) is 15.0 Å². The molecule has 0 amide bonds. The van der Waals surface area contributed by atoms with Crippen LogP contribution in [0.5, 0.6) is 5.88 Å². The van der Waals surface area contributed by atoms with E-state index in [2.05, 4.69) is 32.4 Å². The molecule has 0 spiro atoms. The highest BCUT2D eigenvalue weighted by Gasteiger charge is 2.17. The summed E-state index contributed by atoms with van der Waals surface area (Å²) in [5, 5.41) is 4.08. The van der Waals surface area contributed by atoms with Crippen LogP contribution in [0.25, 0.3) is 11.2 Å². The Labute approximate surface area is 97.8 Å². The molecule has 1 aliphatic heterocycles. The molecule has 17 heavy (non-hydrogen) atoms. The summed E-state index contributed by atoms with van der Waals surface area (Å²) in [7, 11) is 0. The number of hydrogen-bond acceptors (Lipinski definition) is 6. The minimum absolute atomic E-state index is 0.462. The minimum atomic E-state index is 0.462. The van der Waals surface area contributed by atoms with E-state index in [0.29, 0.717) is 28.8 Å². The molecule has 86 valence electrons. The molecular formula is C11H11N5O. The number of fused-ring (bicyclic) bond motifs is 2. The van der Waals surface area contributed by atoms with Crippen LogP contribution >= 0.6 is 0 Å². The lowest BCUT2D eigenvalue weighted by Crippen LogP contribution is -2.18. The lowest BCUT2D eigenvalue weighted by atomic mass is 10.3. The third-order valence-corrected chi connectivity index (χ3v) is 2.37. The van der Waals surface area contributed by atoms with Crippen molar-refractivity contribution >= 4 is 22.9 Å². The maximum Gasteiger partial charge on any atom is 0.266 e. The van der Waals surface area contributed by atoms with Crippen LogP contribution in [0, 0.1) is 0 Å². The quantitative estimate of drug-likeness (QED) is 0.852. The summed E-state index contributed by atoms with van der Waals surface area (Å²) in [5.74, 6) is 1.61. The second-order valence-electron chi connectivity index (χ2n) is 3.69. The van der Waals surface area contributed by atoms with Crippen molar-refractivity contribution < 1.29 is 4.74 Å². The van der Waals surface area contributed by atoms with Crippen molar-refractivity contribution in [2.45, 2.75) is 19.8 Å². The highest BCUT2D eigenvalue weighted by molar-refractivity contribution is 5.84. The Morgan fingerprint density at radius 3 is 3.18 bits per heavy atom. The molecule has 3 heterocycles. The summed E-state index contributed by atoms with van der Waals surface area (Å²) in [4.78, 5) is 12.8. The van der Waals surface area contributed by atoms with Gasteiger partial charge in [0.25, 0.3) is 5.88 Å². The van der Waals surface area contributed by atoms with Crippen LogP contribution in [0.2, 0.25) is 0 Å². The average molecular weight is 229 g/mol. The smallest absolute Gasteiger partial charge is 0.266 e. The first-order valence-electron chi connectivity index (χ1n) is 5.50. The van der Waals surface area contributed by atoms with Gasteiger partial charge in [-0.2, -0.15) is 0 Å². The second-order valence-corrected chi connectivity index (χ2v) is 3.69. The SMILES string of the molecule is CCCC1=NNc2nc3ncccc3nc2O1. The Kier molecular flexibility index (Phi) is 2.32. The molecule has 6 heteroatoms. The van der Waals surface area contributed by atoms with Crippen molar-refractivity contribution in [3.8, 4) is 5.88 Å². The first kappa shape index (κ1) is 9.95. The summed E-state index contributed by atoms with van der Waals surface area (Å²) >= 11 is 0. The summed E-state index contributed by atoms with van der Waals surface area (Å²) in [6.07, 6.45) is 3.43. The number of rotatable bonds is 2. The van der Waals surface area contributed by atoms with E-state index in [1.807, 2.05) is 12.1 Å². The number of anilines is 1. The molecule has 1 aliphatic rings. The van der Waals surface area contributed by atoms with Gasteiger partial charge in [-0.3, -0.25) is 5.43 Å². The van der Waals surface area contributed by atoms with Gasteiger partial charge in [0, 0.05) is 12.6 Å². The molecule has 2 aromatic rings. The number of hydrogen-bond donors (Lipinski definition) is 1. The summed E-state index contributed by atoms with van der Waals surface area (Å²) in [6, 6.07) is 3.67. The number of ether oxygens (including phenoxy) is 1. The third kappa shape index (κ3) is 1.77. The van der Waals surface area contributed by atoms with Crippen molar-refractivity contribution in [3.63, 3.8) is 0 Å². The predicted octanol–water partition coefficient (Wildman–Crippen LogP) is 1.94. The Morgan fingerprint density at radius 2 is 2.29 bits per heavy atom. The van der Waals surface area contributed by atoms with Gasteiger partial charge in [0.1, 0.15) is 5.52 Å². The predicted molar refractivity (Wildman–Crippen MR) is 63.9 cm³/mol. The number of hydrazone groups is 1. The van der Waals surface area contributed by atoms with Crippen LogP contribution in [0.15, 0.2) is 23.4 Å². The van der Waals surface area contributed by atoms with Crippen LogP contribution in [0.4, 0.5) is 5.82 Å². The zero-order valence-corrected chi connectivity index (χ0v) is 9.34. The molecule has 6 nitrogen and oxygen atoms in total. The van der Waals surface area contributed by atoms with Crippen molar-refractivity contribution in [1.82, 2.24) is 15.0 Å². The van der Waals surface area contributed by atoms with Gasteiger partial charge in [0.15, 0.2) is 5.65 Å². The van der Waals surface area contributed by atoms with Crippen molar-refractivity contribution in [2.24, 2.45) is 5.10 Å². The molecule has 0 aromatic carbocycles. The number of pyridine rings is 1. The van der Waals surface area contributed by atoms with E-state index in [1.165, 1.54) is 0 Å². The largest absolute Gasteiger partial charge is 0.419 e. The molecule has 0 bridgehead atoms. The van der Waals surface area contributed by atoms with Gasteiger partial charge >= 0.3 is 0 Å². The molecule has 0 radical (unpaired) electrons. The maximum absolute atomic E-state index is 5.57. The van der Waals surface area contributed by atoms with Gasteiger partial charge in [-0.05, 0) is 18.6 Å². The van der Waals surface area contributed by atoms with Crippen molar-refractivity contribution in [2.75, 3.05) is 5.43 Å². The fourth-order valence-corrected chi connectivity index (χ4v) is 1.59. The Hall–Kier alpha value is -2.24. The van der Waals surface area contributed by atoms with Gasteiger partial charge in [0.05, 0.1) is 0 Å². The fraction of sp³-hybridized carbons (Fsp3) is 0.273. The summed E-state index contributed by atoms with van der Waals surface area (Å²) in [5.41, 5.74) is 4.13. The monoisotopic (exact) mass is 229 g/mol. The number of aromatic nitrogens is 3. The highest BCUT2D eigenvalue weighted by atomic mass is 16.5. The van der Waals surface area contributed by atoms with Crippen LogP contribution in [0.1, 0.15) is 19.8 Å². The van der Waals surface area contributed by atoms with E-state index in [0.717, 1.165) is 12.8 Å². The van der Waals surface area contributed by atoms with Gasteiger partial charge in [0.2, 0.25) is 11.7 Å². The second kappa shape index (κ2) is 3.97. The molecule has 1 N–H and O–H groups in total. The molecular weight excluding hydrogens is 218 g/mol. The standard InChI is InChI=1S/C11H11N5O/c1-2-4-8-15-16-10-11(17-8)13-7-5-3-6-12-9(7)14-10/h3,5-6H,2,4H2,1H3,(H,12,14,16). The first-order chi connectivity index (χ1) is 8.36. The molecule has 0 unspecified atom stereocenters. The Balaban J connectivity index is 2.03. The molecule has 0 saturated carbocycles. The molecule has 3 rings (SSSR count). The molecule has 2 aromatic heterocycles. The summed E-state index contributed by atoms with van der Waals surface area (Å²) in [6.45, 7) is 2.07. The van der Waals surface area contributed by atoms with Crippen LogP contribution in [-0.2, 0) is 0 Å². The number of nitrogens with one attached hydrogen (secondary N) is 1. The highest BCUT2D eigenvalue weighted by Crippen LogP contribution is 2.25. The maximum atomic E-state index is 5.57. The zero-order chi connectivity index (χ0) is 11.7. The van der Waals surface area contributed by atoms with Gasteiger partial charge < -0.3 is 4.74 Å². The number of nitrogens with zero attached hydrogens (tertiary/aromatic N) is 4. The van der Waals surface area contributed by atoms with Gasteiger partial charge in [-0.15, -0.1) is 5.10 Å². The lowest BCUT2D eigenvalue weighted by molar-refractivity contribution is 0.500. The third-order valence-electron chi connectivity index (χ3n) is 2.37. The normalized spacial score (nSPS) is 13.6. The van der Waals surface area contributed by atoms with E-state index in [-0.39, 0.29) is 0 Å².